The summed E-state index contributed by atoms with van der Waals surface area (Å²) in [6.45, 7) is 0.564. The molecular formula is C10H14N6O2. The molecule has 8 heteroatoms. The summed E-state index contributed by atoms with van der Waals surface area (Å²) in [7, 11) is 0. The molecule has 18 heavy (non-hydrogen) atoms. The molecule has 0 atom stereocenters. The summed E-state index contributed by atoms with van der Waals surface area (Å²) < 4.78 is 5.35. The highest BCUT2D eigenvalue weighted by Crippen LogP contribution is 2.15. The van der Waals surface area contributed by atoms with Crippen molar-refractivity contribution < 1.29 is 9.94 Å². The summed E-state index contributed by atoms with van der Waals surface area (Å²) in [5.74, 6) is 5.24. The number of hydrogen-bond acceptors (Lipinski definition) is 6. The van der Waals surface area contributed by atoms with Gasteiger partial charge in [0.05, 0.1) is 12.8 Å². The minimum Gasteiger partial charge on any atom is -0.411 e. The van der Waals surface area contributed by atoms with Gasteiger partial charge in [-0.25, -0.2) is 11.4 Å². The van der Waals surface area contributed by atoms with E-state index in [1.807, 2.05) is 12.1 Å². The van der Waals surface area contributed by atoms with Crippen molar-refractivity contribution in [2.75, 3.05) is 6.61 Å². The average Bonchev–Trinajstić information content (AvgIpc) is 2.71. The van der Waals surface area contributed by atoms with Crippen LogP contribution in [0.3, 0.4) is 0 Å². The summed E-state index contributed by atoms with van der Waals surface area (Å²) in [6, 6.07) is 5.48. The Bertz CT molecular complexity index is 564. The highest BCUT2D eigenvalue weighted by Gasteiger charge is 2.02. The molecule has 2 rings (SSSR count). The zero-order valence-corrected chi connectivity index (χ0v) is 9.58. The Morgan fingerprint density at radius 1 is 1.56 bits per heavy atom. The first-order chi connectivity index (χ1) is 8.70. The van der Waals surface area contributed by atoms with Crippen molar-refractivity contribution in [1.82, 2.24) is 15.5 Å². The number of fused-ring (bicyclic) bond motifs is 1. The molecule has 0 spiro atoms. The summed E-state index contributed by atoms with van der Waals surface area (Å²) in [4.78, 5) is 0.831. The molecule has 0 unspecified atom stereocenters. The Balaban J connectivity index is 1.98. The van der Waals surface area contributed by atoms with E-state index in [9.17, 15) is 5.21 Å². The number of nitrogens with two attached hydrogens (primary N) is 2. The van der Waals surface area contributed by atoms with Gasteiger partial charge in [0.15, 0.2) is 0 Å². The third kappa shape index (κ3) is 2.67. The van der Waals surface area contributed by atoms with Crippen molar-refractivity contribution in [3.05, 3.63) is 30.0 Å². The number of benzene rings is 1. The fourth-order valence-electron chi connectivity index (χ4n) is 1.55. The largest absolute Gasteiger partial charge is 0.411 e. The van der Waals surface area contributed by atoms with Crippen LogP contribution < -0.4 is 17.1 Å². The van der Waals surface area contributed by atoms with Gasteiger partial charge in [0.1, 0.15) is 18.0 Å². The van der Waals surface area contributed by atoms with Gasteiger partial charge in [0.2, 0.25) is 0 Å². The van der Waals surface area contributed by atoms with Crippen LogP contribution in [0.1, 0.15) is 5.56 Å². The van der Waals surface area contributed by atoms with E-state index in [1.54, 1.807) is 12.3 Å². The SMILES string of the molecule is NN/N=C(\N)COCc1ccc2c(cnn2O)c1. The van der Waals surface area contributed by atoms with E-state index < -0.39 is 0 Å². The van der Waals surface area contributed by atoms with Crippen LogP contribution in [-0.4, -0.2) is 27.6 Å². The molecule has 0 radical (unpaired) electrons. The summed E-state index contributed by atoms with van der Waals surface area (Å²) >= 11 is 0. The average molecular weight is 250 g/mol. The standard InChI is InChI=1S/C10H14N6O2/c11-10(14-15-12)6-18-5-7-1-2-9-8(3-7)4-13-16(9)17/h1-4,15,17H,5-6,12H2,(H2,11,14). The van der Waals surface area contributed by atoms with Crippen molar-refractivity contribution in [2.45, 2.75) is 6.61 Å². The van der Waals surface area contributed by atoms with Gasteiger partial charge >= 0.3 is 0 Å². The van der Waals surface area contributed by atoms with Crippen molar-refractivity contribution in [3.8, 4) is 0 Å². The summed E-state index contributed by atoms with van der Waals surface area (Å²) in [5, 5.41) is 17.5. The van der Waals surface area contributed by atoms with Crippen LogP contribution in [0.25, 0.3) is 10.9 Å². The molecule has 0 bridgehead atoms. The lowest BCUT2D eigenvalue weighted by atomic mass is 10.2. The van der Waals surface area contributed by atoms with Gasteiger partial charge in [-0.2, -0.15) is 0 Å². The van der Waals surface area contributed by atoms with Gasteiger partial charge in [-0.05, 0) is 17.7 Å². The Morgan fingerprint density at radius 3 is 3.17 bits per heavy atom. The number of nitrogens with one attached hydrogen (secondary N) is 1. The minimum absolute atomic E-state index is 0.182. The first kappa shape index (κ1) is 12.1. The molecule has 0 aliphatic rings. The van der Waals surface area contributed by atoms with Gasteiger partial charge in [0, 0.05) is 5.39 Å². The number of hydrazine groups is 1. The number of ether oxygens (including phenoxy) is 1. The zero-order valence-electron chi connectivity index (χ0n) is 9.58. The molecule has 0 aliphatic carbocycles. The zero-order chi connectivity index (χ0) is 13.0. The van der Waals surface area contributed by atoms with E-state index in [2.05, 4.69) is 15.7 Å². The van der Waals surface area contributed by atoms with Crippen LogP contribution in [0.4, 0.5) is 0 Å². The second-order valence-electron chi connectivity index (χ2n) is 3.65. The molecule has 0 saturated heterocycles. The molecule has 1 heterocycles. The van der Waals surface area contributed by atoms with Crippen molar-refractivity contribution in [3.63, 3.8) is 0 Å². The second kappa shape index (κ2) is 5.34. The molecule has 2 aromatic rings. The van der Waals surface area contributed by atoms with E-state index in [1.165, 1.54) is 0 Å². The Kier molecular flexibility index (Phi) is 3.60. The van der Waals surface area contributed by atoms with Gasteiger partial charge in [-0.1, -0.05) is 6.07 Å². The lowest BCUT2D eigenvalue weighted by Gasteiger charge is -2.04. The van der Waals surface area contributed by atoms with Crippen LogP contribution in [-0.2, 0) is 11.3 Å². The van der Waals surface area contributed by atoms with Crippen LogP contribution in [0.2, 0.25) is 0 Å². The molecule has 1 aromatic heterocycles. The van der Waals surface area contributed by atoms with Gasteiger partial charge in [-0.15, -0.1) is 15.0 Å². The maximum Gasteiger partial charge on any atom is 0.147 e. The van der Waals surface area contributed by atoms with Crippen molar-refractivity contribution in [2.24, 2.45) is 16.7 Å². The van der Waals surface area contributed by atoms with Crippen LogP contribution in [0.5, 0.6) is 0 Å². The third-order valence-corrected chi connectivity index (χ3v) is 2.34. The van der Waals surface area contributed by atoms with Gasteiger partial charge in [-0.3, -0.25) is 0 Å². The van der Waals surface area contributed by atoms with Crippen LogP contribution >= 0.6 is 0 Å². The third-order valence-electron chi connectivity index (χ3n) is 2.34. The van der Waals surface area contributed by atoms with Gasteiger partial charge < -0.3 is 15.7 Å². The second-order valence-corrected chi connectivity index (χ2v) is 3.65. The van der Waals surface area contributed by atoms with Gasteiger partial charge in [0.25, 0.3) is 0 Å². The maximum atomic E-state index is 9.33. The minimum atomic E-state index is 0.182. The monoisotopic (exact) mass is 250 g/mol. The normalized spacial score (nSPS) is 11.9. The summed E-state index contributed by atoms with van der Waals surface area (Å²) in [5.41, 5.74) is 9.16. The number of aromatic nitrogens is 2. The number of rotatable bonds is 5. The van der Waals surface area contributed by atoms with E-state index in [4.69, 9.17) is 16.3 Å². The smallest absolute Gasteiger partial charge is 0.147 e. The quantitative estimate of drug-likeness (QED) is 0.187. The molecular weight excluding hydrogens is 236 g/mol. The topological polar surface area (TPSA) is 124 Å². The number of amidine groups is 1. The predicted molar refractivity (Wildman–Crippen MR) is 65.5 cm³/mol. The van der Waals surface area contributed by atoms with Crippen molar-refractivity contribution >= 4 is 16.7 Å². The molecule has 6 N–H and O–H groups in total. The fourth-order valence-corrected chi connectivity index (χ4v) is 1.55. The lowest BCUT2D eigenvalue weighted by Crippen LogP contribution is -2.25. The lowest BCUT2D eigenvalue weighted by molar-refractivity contribution is 0.157. The fraction of sp³-hybridized carbons (Fsp3) is 0.200. The van der Waals surface area contributed by atoms with E-state index >= 15 is 0 Å². The molecule has 0 fully saturated rings. The number of hydrazone groups is 1. The molecule has 8 nitrogen and oxygen atoms in total. The van der Waals surface area contributed by atoms with E-state index in [0.717, 1.165) is 15.8 Å². The molecule has 0 amide bonds. The number of hydrogen-bond donors (Lipinski definition) is 4. The predicted octanol–water partition coefficient (Wildman–Crippen LogP) is -0.474. The van der Waals surface area contributed by atoms with Crippen LogP contribution in [0, 0.1) is 0 Å². The summed E-state index contributed by atoms with van der Waals surface area (Å²) in [6.07, 6.45) is 1.58. The maximum absolute atomic E-state index is 9.33. The Hall–Kier alpha value is -2.32. The van der Waals surface area contributed by atoms with Crippen LogP contribution in [0.15, 0.2) is 29.5 Å². The highest BCUT2D eigenvalue weighted by molar-refractivity contribution is 5.81. The first-order valence-electron chi connectivity index (χ1n) is 5.22. The number of nitrogens with zero attached hydrogens (tertiary/aromatic N) is 3. The Morgan fingerprint density at radius 2 is 2.39 bits per heavy atom. The highest BCUT2D eigenvalue weighted by atomic mass is 16.5. The first-order valence-corrected chi connectivity index (χ1v) is 5.22. The van der Waals surface area contributed by atoms with E-state index in [0.29, 0.717) is 12.1 Å². The molecule has 0 saturated carbocycles. The van der Waals surface area contributed by atoms with Crippen molar-refractivity contribution in [1.29, 1.82) is 0 Å². The Labute approximate surface area is 103 Å². The molecule has 1 aromatic carbocycles. The van der Waals surface area contributed by atoms with E-state index in [-0.39, 0.29) is 12.4 Å². The molecule has 0 aliphatic heterocycles. The molecule has 96 valence electrons.